The molecule has 0 aliphatic rings. The van der Waals surface area contributed by atoms with Crippen LogP contribution in [0.25, 0.3) is 0 Å². The molecule has 0 rings (SSSR count). The summed E-state index contributed by atoms with van der Waals surface area (Å²) >= 11 is 0. The molecule has 0 saturated carbocycles. The molecular formula is H8AlCaFO4Si. The first kappa shape index (κ1) is 16.4. The van der Waals surface area contributed by atoms with Crippen LogP contribution in [0.2, 0.25) is 0 Å². The fourth-order valence-electron chi connectivity index (χ4n) is 0. The molecule has 0 aromatic heterocycles. The molecule has 0 radical (unpaired) electrons. The molecule has 0 spiro atoms. The van der Waals surface area contributed by atoms with E-state index >= 15 is 0 Å². The van der Waals surface area contributed by atoms with Gasteiger partial charge in [-0.2, -0.15) is 4.63 Å². The number of rotatable bonds is 1. The van der Waals surface area contributed by atoms with Crippen LogP contribution in [0.15, 0.2) is 0 Å². The summed E-state index contributed by atoms with van der Waals surface area (Å²) in [5.74, 6) is 0. The third-order valence-electron chi connectivity index (χ3n) is 0.104. The van der Waals surface area contributed by atoms with Crippen molar-refractivity contribution >= 4 is 64.1 Å². The summed E-state index contributed by atoms with van der Waals surface area (Å²) in [4.78, 5) is 22.4. The van der Waals surface area contributed by atoms with Gasteiger partial charge in [0.1, 0.15) is 0 Å². The fraction of sp³-hybridized carbons (Fsp3) is 0. The molecule has 0 unspecified atom stereocenters. The fourth-order valence-corrected chi connectivity index (χ4v) is 0. The molecule has 0 fully saturated rings. The van der Waals surface area contributed by atoms with E-state index in [4.69, 9.17) is 14.4 Å². The molecule has 0 aromatic carbocycles. The van der Waals surface area contributed by atoms with E-state index in [1.807, 2.05) is 0 Å². The van der Waals surface area contributed by atoms with Gasteiger partial charge in [-0.15, -0.1) is 0 Å². The summed E-state index contributed by atoms with van der Waals surface area (Å²) in [7, 11) is -4.80. The van der Waals surface area contributed by atoms with Crippen molar-refractivity contribution in [3.8, 4) is 0 Å². The van der Waals surface area contributed by atoms with Crippen LogP contribution in [-0.2, 0) is 4.63 Å². The van der Waals surface area contributed by atoms with Gasteiger partial charge in [0, 0.05) is 0 Å². The van der Waals surface area contributed by atoms with Gasteiger partial charge in [-0.25, -0.2) is 0 Å². The van der Waals surface area contributed by atoms with Gasteiger partial charge in [0.25, 0.3) is 0 Å². The van der Waals surface area contributed by atoms with Crippen LogP contribution in [0.1, 0.15) is 2.85 Å². The summed E-state index contributed by atoms with van der Waals surface area (Å²) in [6, 6.07) is 0. The molecule has 0 atom stereocenters. The van der Waals surface area contributed by atoms with Crippen molar-refractivity contribution in [1.29, 1.82) is 0 Å². The van der Waals surface area contributed by atoms with Crippen molar-refractivity contribution in [3.63, 3.8) is 0 Å². The maximum absolute atomic E-state index is 10.3. The van der Waals surface area contributed by atoms with Gasteiger partial charge in [0.05, 0.1) is 0 Å². The van der Waals surface area contributed by atoms with Crippen molar-refractivity contribution in [3.05, 3.63) is 0 Å². The molecule has 0 aliphatic carbocycles. The summed E-state index contributed by atoms with van der Waals surface area (Å²) in [6.07, 6.45) is 0. The number of halogens is 1. The first-order chi connectivity index (χ1) is 2.56. The molecule has 0 aromatic rings. The van der Waals surface area contributed by atoms with E-state index in [9.17, 15) is 4.53 Å². The second-order valence-corrected chi connectivity index (χ2v) is 1.95. The molecule has 0 saturated heterocycles. The molecule has 48 valence electrons. The van der Waals surface area contributed by atoms with Crippen molar-refractivity contribution in [2.45, 2.75) is 0 Å². The Labute approximate surface area is 89.8 Å². The van der Waals surface area contributed by atoms with Crippen LogP contribution in [0, 0.1) is 0 Å². The normalized spacial score (nSPS) is 9.00. The topological polar surface area (TPSA) is 69.9 Å². The second kappa shape index (κ2) is 6.89. The Bertz CT molecular complexity index is 53.0. The van der Waals surface area contributed by atoms with Gasteiger partial charge >= 0.3 is 46.8 Å². The molecule has 4 nitrogen and oxygen atoms in total. The minimum Gasteiger partial charge on any atom is -1.00 e. The average molecular weight is 186 g/mol. The summed E-state index contributed by atoms with van der Waals surface area (Å²) in [5, 5.41) is 0. The Balaban J connectivity index is -0.0000000208. The van der Waals surface area contributed by atoms with Gasteiger partial charge in [-0.1, -0.05) is 4.53 Å². The van der Waals surface area contributed by atoms with Gasteiger partial charge in [0.2, 0.25) is 0 Å². The van der Waals surface area contributed by atoms with Crippen LogP contribution < -0.4 is 0 Å². The van der Waals surface area contributed by atoms with E-state index in [2.05, 4.69) is 4.63 Å². The predicted octanol–water partition coefficient (Wildman–Crippen LogP) is -3.04. The maximum Gasteiger partial charge on any atom is 2.00 e. The zero-order valence-corrected chi connectivity index (χ0v) is 6.54. The predicted molar refractivity (Wildman–Crippen MR) is 32.5 cm³/mol. The van der Waals surface area contributed by atoms with E-state index in [-0.39, 0.29) is 58.0 Å². The molecule has 8 heavy (non-hydrogen) atoms. The van der Waals surface area contributed by atoms with Crippen LogP contribution in [0.3, 0.4) is 0 Å². The van der Waals surface area contributed by atoms with Crippen LogP contribution in [0.4, 0.5) is 4.53 Å². The van der Waals surface area contributed by atoms with Crippen molar-refractivity contribution in [2.24, 2.45) is 0 Å². The zero-order valence-electron chi connectivity index (χ0n) is 5.33. The van der Waals surface area contributed by atoms with E-state index in [1.54, 1.807) is 0 Å². The van der Waals surface area contributed by atoms with Crippen molar-refractivity contribution < 1.29 is 26.4 Å². The Morgan fingerprint density at radius 1 is 1.38 bits per heavy atom. The van der Waals surface area contributed by atoms with E-state index < -0.39 is 9.05 Å². The Morgan fingerprint density at radius 3 is 1.50 bits per heavy atom. The first-order valence-electron chi connectivity index (χ1n) is 1.03. The molecule has 0 aliphatic heterocycles. The molecule has 0 heterocycles. The van der Waals surface area contributed by atoms with Crippen LogP contribution in [0.5, 0.6) is 0 Å². The van der Waals surface area contributed by atoms with Crippen LogP contribution in [-0.4, -0.2) is 78.5 Å². The Hall–Kier alpha value is 1.78. The molecule has 8 heteroatoms. The maximum atomic E-state index is 10.3. The van der Waals surface area contributed by atoms with Crippen LogP contribution >= 0.6 is 0 Å². The van der Waals surface area contributed by atoms with E-state index in [0.29, 0.717) is 0 Å². The van der Waals surface area contributed by atoms with Crippen molar-refractivity contribution in [1.82, 2.24) is 0 Å². The second-order valence-electron chi connectivity index (χ2n) is 0.651. The molecule has 3 N–H and O–H groups in total. The van der Waals surface area contributed by atoms with Gasteiger partial charge in [-0.05, 0) is 0 Å². The SMILES string of the molecule is O[Si](O)(O)OF.[AlH3].[Ca+2].[H-].[H-]. The third kappa shape index (κ3) is 15.7. The summed E-state index contributed by atoms with van der Waals surface area (Å²) in [5.41, 5.74) is 0. The minimum absolute atomic E-state index is 0. The summed E-state index contributed by atoms with van der Waals surface area (Å²) < 4.78 is 12.6. The largest absolute Gasteiger partial charge is 2.00 e. The molecule has 0 bridgehead atoms. The molecular weight excluding hydrogens is 178 g/mol. The zero-order chi connectivity index (χ0) is 5.21. The van der Waals surface area contributed by atoms with E-state index in [1.165, 1.54) is 0 Å². The minimum atomic E-state index is -4.80. The number of hydrogen-bond acceptors (Lipinski definition) is 4. The smallest absolute Gasteiger partial charge is 1.00 e. The monoisotopic (exact) mass is 186 g/mol. The van der Waals surface area contributed by atoms with Gasteiger partial charge in [-0.3, -0.25) is 0 Å². The van der Waals surface area contributed by atoms with Gasteiger partial charge < -0.3 is 17.2 Å². The van der Waals surface area contributed by atoms with E-state index in [0.717, 1.165) is 0 Å². The Kier molecular flexibility index (Phi) is 14.1. The van der Waals surface area contributed by atoms with Gasteiger partial charge in [0.15, 0.2) is 17.4 Å². The summed E-state index contributed by atoms with van der Waals surface area (Å²) in [6.45, 7) is 0. The van der Waals surface area contributed by atoms with Crippen molar-refractivity contribution in [2.75, 3.05) is 0 Å². The number of hydrogen-bond donors (Lipinski definition) is 3. The Morgan fingerprint density at radius 2 is 1.50 bits per heavy atom. The average Bonchev–Trinajstić information content (AvgIpc) is 1.35. The third-order valence-corrected chi connectivity index (χ3v) is 0.311. The quantitative estimate of drug-likeness (QED) is 0.381. The standard InChI is InChI=1S/Al.Ca.FH3O4Si.5H/c;;1-5-6(2,3)4;;;;;/h;;2-4H;;;;;/q;+2;;;;;2*-1. The first-order valence-corrected chi connectivity index (χ1v) is 2.78. The molecule has 0 amide bonds.